The van der Waals surface area contributed by atoms with E-state index in [9.17, 15) is 4.39 Å². The van der Waals surface area contributed by atoms with Crippen molar-refractivity contribution in [3.8, 4) is 5.69 Å². The van der Waals surface area contributed by atoms with Gasteiger partial charge in [0.15, 0.2) is 0 Å². The molecule has 2 heterocycles. The lowest BCUT2D eigenvalue weighted by Crippen LogP contribution is -2.55. The quantitative estimate of drug-likeness (QED) is 0.647. The van der Waals surface area contributed by atoms with Crippen LogP contribution in [0.1, 0.15) is 50.8 Å². The maximum atomic E-state index is 13.3. The number of ether oxygens (including phenoxy) is 1. The van der Waals surface area contributed by atoms with Crippen LogP contribution in [0.4, 0.5) is 4.39 Å². The molecule has 1 aromatic carbocycles. The topological polar surface area (TPSA) is 27.1 Å². The number of halogens is 1. The van der Waals surface area contributed by atoms with Crippen LogP contribution in [0.25, 0.3) is 11.8 Å². The Morgan fingerprint density at radius 2 is 2.04 bits per heavy atom. The summed E-state index contributed by atoms with van der Waals surface area (Å²) in [6, 6.07) is 6.55. The first-order chi connectivity index (χ1) is 13.0. The second kappa shape index (κ2) is 5.90. The molecule has 0 bridgehead atoms. The van der Waals surface area contributed by atoms with Gasteiger partial charge in [0.25, 0.3) is 0 Å². The van der Waals surface area contributed by atoms with Gasteiger partial charge in [0.1, 0.15) is 5.82 Å². The number of benzene rings is 1. The van der Waals surface area contributed by atoms with Crippen molar-refractivity contribution in [2.75, 3.05) is 6.61 Å². The number of aromatic nitrogens is 2. The van der Waals surface area contributed by atoms with Crippen molar-refractivity contribution in [1.82, 2.24) is 9.78 Å². The van der Waals surface area contributed by atoms with Gasteiger partial charge in [-0.2, -0.15) is 5.10 Å². The van der Waals surface area contributed by atoms with E-state index < -0.39 is 0 Å². The predicted octanol–water partition coefficient (Wildman–Crippen LogP) is 5.25. The van der Waals surface area contributed by atoms with Crippen LogP contribution in [0.5, 0.6) is 0 Å². The standard InChI is InChI=1S/C23H25FN2O/c1-16-9-11-23(27-15-16)10-3-4-18-12-21-17(13-22(18,23)2)14-25-26(21)20-7-5-19(24)6-8-20/h5-9,12,14H,3-4,10-11,13,15H2,1-2H3/t22-,23+/m0/s1. The number of rotatable bonds is 1. The normalized spacial score (nSPS) is 29.7. The zero-order valence-corrected chi connectivity index (χ0v) is 16.0. The van der Waals surface area contributed by atoms with Crippen molar-refractivity contribution in [3.63, 3.8) is 0 Å². The van der Waals surface area contributed by atoms with Gasteiger partial charge in [0.05, 0.1) is 29.8 Å². The Labute approximate surface area is 159 Å². The van der Waals surface area contributed by atoms with E-state index in [1.807, 2.05) is 10.9 Å². The summed E-state index contributed by atoms with van der Waals surface area (Å²) in [4.78, 5) is 0. The Morgan fingerprint density at radius 1 is 1.22 bits per heavy atom. The van der Waals surface area contributed by atoms with E-state index in [4.69, 9.17) is 4.74 Å². The van der Waals surface area contributed by atoms with Gasteiger partial charge in [-0.1, -0.05) is 24.1 Å². The van der Waals surface area contributed by atoms with Crippen LogP contribution in [-0.4, -0.2) is 22.0 Å². The summed E-state index contributed by atoms with van der Waals surface area (Å²) in [5.41, 5.74) is 5.99. The molecular formula is C23H25FN2O. The van der Waals surface area contributed by atoms with Crippen LogP contribution < -0.4 is 0 Å². The minimum Gasteiger partial charge on any atom is -0.369 e. The molecule has 2 aliphatic carbocycles. The minimum absolute atomic E-state index is 0.00606. The second-order valence-corrected chi connectivity index (χ2v) is 8.51. The summed E-state index contributed by atoms with van der Waals surface area (Å²) in [5.74, 6) is -0.224. The molecule has 27 heavy (non-hydrogen) atoms. The van der Waals surface area contributed by atoms with Gasteiger partial charge < -0.3 is 4.74 Å². The fraction of sp³-hybridized carbons (Fsp3) is 0.435. The van der Waals surface area contributed by atoms with Crippen LogP contribution in [0.15, 0.2) is 47.7 Å². The highest BCUT2D eigenvalue weighted by Crippen LogP contribution is 2.57. The number of hydrogen-bond acceptors (Lipinski definition) is 2. The lowest BCUT2D eigenvalue weighted by Gasteiger charge is -2.55. The molecule has 1 saturated carbocycles. The first-order valence-corrected chi connectivity index (χ1v) is 9.84. The average molecular weight is 364 g/mol. The molecule has 1 fully saturated rings. The van der Waals surface area contributed by atoms with Crippen molar-refractivity contribution < 1.29 is 9.13 Å². The van der Waals surface area contributed by atoms with Crippen LogP contribution >= 0.6 is 0 Å². The molecule has 5 rings (SSSR count). The fourth-order valence-corrected chi connectivity index (χ4v) is 5.20. The number of hydrogen-bond donors (Lipinski definition) is 0. The zero-order chi connectivity index (χ0) is 18.6. The third-order valence-corrected chi connectivity index (χ3v) is 6.91. The van der Waals surface area contributed by atoms with Crippen molar-refractivity contribution in [2.24, 2.45) is 5.41 Å². The van der Waals surface area contributed by atoms with Gasteiger partial charge >= 0.3 is 0 Å². The summed E-state index contributed by atoms with van der Waals surface area (Å²) in [5, 5.41) is 4.63. The van der Waals surface area contributed by atoms with E-state index in [0.717, 1.165) is 50.1 Å². The molecule has 2 atom stereocenters. The molecule has 2 aromatic rings. The Morgan fingerprint density at radius 3 is 2.78 bits per heavy atom. The molecule has 0 unspecified atom stereocenters. The first-order valence-electron chi connectivity index (χ1n) is 9.84. The molecule has 0 saturated heterocycles. The van der Waals surface area contributed by atoms with Crippen molar-refractivity contribution in [3.05, 3.63) is 64.8 Å². The van der Waals surface area contributed by atoms with Gasteiger partial charge in [-0.25, -0.2) is 9.07 Å². The summed E-state index contributed by atoms with van der Waals surface area (Å²) in [6.07, 6.45) is 12.0. The molecule has 0 N–H and O–H groups in total. The first kappa shape index (κ1) is 16.9. The fourth-order valence-electron chi connectivity index (χ4n) is 5.20. The highest BCUT2D eigenvalue weighted by molar-refractivity contribution is 5.62. The number of nitrogens with zero attached hydrogens (tertiary/aromatic N) is 2. The van der Waals surface area contributed by atoms with Gasteiger partial charge in [-0.3, -0.25) is 0 Å². The van der Waals surface area contributed by atoms with Crippen LogP contribution in [0, 0.1) is 11.2 Å². The molecule has 3 aliphatic rings. The highest BCUT2D eigenvalue weighted by atomic mass is 19.1. The highest BCUT2D eigenvalue weighted by Gasteiger charge is 2.54. The molecule has 4 heteroatoms. The monoisotopic (exact) mass is 364 g/mol. The van der Waals surface area contributed by atoms with Crippen LogP contribution in [-0.2, 0) is 11.2 Å². The van der Waals surface area contributed by atoms with Gasteiger partial charge in [-0.15, -0.1) is 0 Å². The largest absolute Gasteiger partial charge is 0.369 e. The van der Waals surface area contributed by atoms with Crippen molar-refractivity contribution >= 4 is 6.08 Å². The van der Waals surface area contributed by atoms with E-state index in [1.54, 1.807) is 12.1 Å². The Bertz CT molecular complexity index is 955. The molecule has 0 radical (unpaired) electrons. The molecule has 1 spiro atoms. The summed E-state index contributed by atoms with van der Waals surface area (Å²) >= 11 is 0. The number of fused-ring (bicyclic) bond motifs is 3. The van der Waals surface area contributed by atoms with Gasteiger partial charge in [0, 0.05) is 5.41 Å². The molecule has 3 nitrogen and oxygen atoms in total. The van der Waals surface area contributed by atoms with Gasteiger partial charge in [-0.05, 0) is 74.9 Å². The maximum Gasteiger partial charge on any atom is 0.123 e. The van der Waals surface area contributed by atoms with Crippen LogP contribution in [0.3, 0.4) is 0 Å². The third-order valence-electron chi connectivity index (χ3n) is 6.91. The lowest BCUT2D eigenvalue weighted by atomic mass is 9.55. The van der Waals surface area contributed by atoms with E-state index in [-0.39, 0.29) is 16.8 Å². The lowest BCUT2D eigenvalue weighted by molar-refractivity contribution is -0.129. The second-order valence-electron chi connectivity index (χ2n) is 8.51. The van der Waals surface area contributed by atoms with Crippen LogP contribution in [0.2, 0.25) is 0 Å². The van der Waals surface area contributed by atoms with Crippen molar-refractivity contribution in [1.29, 1.82) is 0 Å². The average Bonchev–Trinajstić information content (AvgIpc) is 3.06. The van der Waals surface area contributed by atoms with E-state index >= 15 is 0 Å². The van der Waals surface area contributed by atoms with Crippen molar-refractivity contribution in [2.45, 2.75) is 51.6 Å². The molecule has 1 aliphatic heterocycles. The summed E-state index contributed by atoms with van der Waals surface area (Å²) < 4.78 is 21.8. The Balaban J connectivity index is 1.58. The van der Waals surface area contributed by atoms with E-state index in [0.29, 0.717) is 0 Å². The molecular weight excluding hydrogens is 339 g/mol. The minimum atomic E-state index is -0.224. The smallest absolute Gasteiger partial charge is 0.123 e. The Hall–Kier alpha value is -2.20. The third kappa shape index (κ3) is 2.46. The molecule has 0 amide bonds. The van der Waals surface area contributed by atoms with E-state index in [2.05, 4.69) is 31.1 Å². The maximum absolute atomic E-state index is 13.3. The zero-order valence-electron chi connectivity index (χ0n) is 16.0. The predicted molar refractivity (Wildman–Crippen MR) is 104 cm³/mol. The SMILES string of the molecule is CC1=CC[C@@]2(CCCC3=Cc4c(cnn4-c4ccc(F)cc4)C[C@@]32C)OC1. The van der Waals surface area contributed by atoms with E-state index in [1.165, 1.54) is 28.8 Å². The summed E-state index contributed by atoms with van der Waals surface area (Å²) in [7, 11) is 0. The van der Waals surface area contributed by atoms with Gasteiger partial charge in [0.2, 0.25) is 0 Å². The molecule has 1 aromatic heterocycles. The summed E-state index contributed by atoms with van der Waals surface area (Å²) in [6.45, 7) is 5.27. The Kier molecular flexibility index (Phi) is 3.70. The molecule has 140 valence electrons.